The van der Waals surface area contributed by atoms with Crippen molar-refractivity contribution in [3.8, 4) is 0 Å². The van der Waals surface area contributed by atoms with E-state index in [0.717, 1.165) is 24.0 Å². The number of nitrogens with one attached hydrogen (secondary N) is 3. The molecule has 0 saturated heterocycles. The molecule has 2 atom stereocenters. The molecule has 7 heteroatoms. The molecule has 0 fully saturated rings. The minimum absolute atomic E-state index is 0.0837. The lowest BCUT2D eigenvalue weighted by molar-refractivity contribution is -0.143. The van der Waals surface area contributed by atoms with Crippen LogP contribution in [0.25, 0.3) is 0 Å². The Labute approximate surface area is 233 Å². The first-order valence-corrected chi connectivity index (χ1v) is 13.8. The van der Waals surface area contributed by atoms with Crippen molar-refractivity contribution in [3.63, 3.8) is 0 Å². The van der Waals surface area contributed by atoms with Gasteiger partial charge in [0, 0.05) is 13.0 Å². The van der Waals surface area contributed by atoms with Crippen molar-refractivity contribution >= 4 is 17.8 Å². The zero-order valence-corrected chi connectivity index (χ0v) is 23.5. The molecule has 2 aromatic rings. The van der Waals surface area contributed by atoms with E-state index in [9.17, 15) is 14.4 Å². The fourth-order valence-electron chi connectivity index (χ4n) is 3.88. The second-order valence-electron chi connectivity index (χ2n) is 9.60. The van der Waals surface area contributed by atoms with E-state index in [1.165, 1.54) is 12.0 Å². The third-order valence-corrected chi connectivity index (χ3v) is 5.92. The zero-order chi connectivity index (χ0) is 28.3. The second-order valence-corrected chi connectivity index (χ2v) is 9.60. The Hall–Kier alpha value is -3.71. The summed E-state index contributed by atoms with van der Waals surface area (Å²) in [6.07, 6.45) is 9.50. The molecule has 1 unspecified atom stereocenters. The Morgan fingerprint density at radius 3 is 2.23 bits per heavy atom. The number of carbonyl (C=O) groups excluding carboxylic acids is 3. The maximum Gasteiger partial charge on any atom is 0.325 e. The van der Waals surface area contributed by atoms with Crippen LogP contribution in [-0.4, -0.2) is 50.1 Å². The highest BCUT2D eigenvalue weighted by Crippen LogP contribution is 2.13. The van der Waals surface area contributed by atoms with Crippen LogP contribution in [0.15, 0.2) is 84.5 Å². The fraction of sp³-hybridized carbons (Fsp3) is 0.406. The van der Waals surface area contributed by atoms with Crippen LogP contribution in [0, 0.1) is 0 Å². The van der Waals surface area contributed by atoms with Crippen molar-refractivity contribution in [2.45, 2.75) is 58.4 Å². The van der Waals surface area contributed by atoms with Crippen LogP contribution < -0.4 is 16.0 Å². The summed E-state index contributed by atoms with van der Waals surface area (Å²) in [4.78, 5) is 37.6. The molecule has 0 bridgehead atoms. The van der Waals surface area contributed by atoms with Crippen LogP contribution in [0.1, 0.15) is 57.1 Å². The summed E-state index contributed by atoms with van der Waals surface area (Å²) in [5.41, 5.74) is 3.04. The topological polar surface area (TPSA) is 96.5 Å². The summed E-state index contributed by atoms with van der Waals surface area (Å²) in [5, 5.41) is 8.57. The summed E-state index contributed by atoms with van der Waals surface area (Å²) < 4.78 is 5.25. The molecule has 0 aliphatic heterocycles. The van der Waals surface area contributed by atoms with E-state index in [2.05, 4.69) is 48.9 Å². The lowest BCUT2D eigenvalue weighted by atomic mass is 10.0. The summed E-state index contributed by atoms with van der Waals surface area (Å²) in [6, 6.07) is 18.7. The normalized spacial score (nSPS) is 13.7. The molecular formula is C32H43N3O4. The molecular weight excluding hydrogens is 490 g/mol. The summed E-state index contributed by atoms with van der Waals surface area (Å²) in [6.45, 7) is 6.98. The highest BCUT2D eigenvalue weighted by atomic mass is 16.5. The van der Waals surface area contributed by atoms with Crippen LogP contribution in [0.3, 0.4) is 0 Å². The van der Waals surface area contributed by atoms with Crippen molar-refractivity contribution in [1.29, 1.82) is 0 Å². The Bertz CT molecular complexity index is 1070. The molecule has 39 heavy (non-hydrogen) atoms. The molecule has 0 aromatic heterocycles. The number of amides is 2. The standard InChI is InChI=1S/C29H35N3O4.C3H8/c1-22(25-15-9-4-10-16-25)18-30-19-27(33)32-26(17-23-11-5-2-6-12-23)29(35)31-20-28(34)36-21-24-13-7-3-8-14-24;1-3-2/h2,4-7,9-16,22,26,30H,3,8,17-21H2,1H3,(H,31,35)(H,32,33);3H2,1-2H3/t22-,26?;/m0./s1. The minimum atomic E-state index is -0.815. The number of hydrogen-bond acceptors (Lipinski definition) is 5. The fourth-order valence-corrected chi connectivity index (χ4v) is 3.88. The first-order valence-electron chi connectivity index (χ1n) is 13.8. The quantitative estimate of drug-likeness (QED) is 0.331. The number of carbonyl (C=O) groups is 3. The number of esters is 1. The van der Waals surface area contributed by atoms with Gasteiger partial charge in [-0.2, -0.15) is 0 Å². The van der Waals surface area contributed by atoms with E-state index in [4.69, 9.17) is 4.74 Å². The smallest absolute Gasteiger partial charge is 0.325 e. The van der Waals surface area contributed by atoms with E-state index in [-0.39, 0.29) is 31.5 Å². The van der Waals surface area contributed by atoms with Crippen LogP contribution in [0.2, 0.25) is 0 Å². The first kappa shape index (κ1) is 31.5. The third kappa shape index (κ3) is 13.1. The van der Waals surface area contributed by atoms with Gasteiger partial charge in [0.15, 0.2) is 0 Å². The molecule has 1 aliphatic rings. The maximum absolute atomic E-state index is 12.9. The molecule has 2 amide bonds. The van der Waals surface area contributed by atoms with E-state index < -0.39 is 17.9 Å². The van der Waals surface area contributed by atoms with Crippen molar-refractivity contribution in [3.05, 3.63) is 95.6 Å². The van der Waals surface area contributed by atoms with Gasteiger partial charge in [0.25, 0.3) is 0 Å². The van der Waals surface area contributed by atoms with Gasteiger partial charge in [0.05, 0.1) is 6.54 Å². The average Bonchev–Trinajstić information content (AvgIpc) is 2.96. The lowest BCUT2D eigenvalue weighted by Gasteiger charge is -2.19. The predicted octanol–water partition coefficient (Wildman–Crippen LogP) is 4.46. The average molecular weight is 534 g/mol. The molecule has 2 aromatic carbocycles. The molecule has 0 radical (unpaired) electrons. The van der Waals surface area contributed by atoms with E-state index >= 15 is 0 Å². The van der Waals surface area contributed by atoms with E-state index in [1.807, 2.05) is 66.8 Å². The number of allylic oxidation sites excluding steroid dienone is 2. The summed E-state index contributed by atoms with van der Waals surface area (Å²) >= 11 is 0. The lowest BCUT2D eigenvalue weighted by Crippen LogP contribution is -2.51. The number of benzene rings is 2. The van der Waals surface area contributed by atoms with Gasteiger partial charge in [-0.15, -0.1) is 0 Å². The highest BCUT2D eigenvalue weighted by Gasteiger charge is 2.22. The zero-order valence-electron chi connectivity index (χ0n) is 23.5. The van der Waals surface area contributed by atoms with Gasteiger partial charge in [0.1, 0.15) is 19.2 Å². The van der Waals surface area contributed by atoms with Crippen molar-refractivity contribution in [2.24, 2.45) is 0 Å². The van der Waals surface area contributed by atoms with Gasteiger partial charge < -0.3 is 20.7 Å². The molecule has 3 rings (SSSR count). The van der Waals surface area contributed by atoms with Crippen molar-refractivity contribution in [1.82, 2.24) is 16.0 Å². The predicted molar refractivity (Wildman–Crippen MR) is 156 cm³/mol. The Morgan fingerprint density at radius 2 is 1.59 bits per heavy atom. The van der Waals surface area contributed by atoms with Crippen LogP contribution >= 0.6 is 0 Å². The van der Waals surface area contributed by atoms with Gasteiger partial charge in [0.2, 0.25) is 11.8 Å². The molecule has 3 N–H and O–H groups in total. The van der Waals surface area contributed by atoms with Gasteiger partial charge >= 0.3 is 5.97 Å². The second kappa shape index (κ2) is 18.5. The van der Waals surface area contributed by atoms with Gasteiger partial charge in [-0.3, -0.25) is 14.4 Å². The SMILES string of the molecule is CCC.C[C@@H](CNCC(=O)NC(Cc1ccccc1)C(=O)NCC(=O)OCC1=CCCC=C1)c1ccccc1. The number of ether oxygens (including phenoxy) is 1. The summed E-state index contributed by atoms with van der Waals surface area (Å²) in [5.74, 6) is -0.999. The Balaban J connectivity index is 0.00000170. The maximum atomic E-state index is 12.9. The first-order chi connectivity index (χ1) is 18.9. The summed E-state index contributed by atoms with van der Waals surface area (Å²) in [7, 11) is 0. The number of rotatable bonds is 13. The Morgan fingerprint density at radius 1 is 0.923 bits per heavy atom. The number of hydrogen-bond donors (Lipinski definition) is 3. The van der Waals surface area contributed by atoms with Crippen LogP contribution in [-0.2, 0) is 25.5 Å². The van der Waals surface area contributed by atoms with Crippen molar-refractivity contribution in [2.75, 3.05) is 26.2 Å². The Kier molecular flexibility index (Phi) is 15.0. The van der Waals surface area contributed by atoms with Crippen LogP contribution in [0.5, 0.6) is 0 Å². The molecule has 0 spiro atoms. The van der Waals surface area contributed by atoms with Crippen LogP contribution in [0.4, 0.5) is 0 Å². The molecule has 0 saturated carbocycles. The molecule has 1 aliphatic carbocycles. The van der Waals surface area contributed by atoms with Gasteiger partial charge in [-0.05, 0) is 35.5 Å². The largest absolute Gasteiger partial charge is 0.460 e. The third-order valence-electron chi connectivity index (χ3n) is 5.92. The van der Waals surface area contributed by atoms with Crippen molar-refractivity contribution < 1.29 is 19.1 Å². The van der Waals surface area contributed by atoms with E-state index in [0.29, 0.717) is 13.0 Å². The van der Waals surface area contributed by atoms with Gasteiger partial charge in [-0.1, -0.05) is 106 Å². The van der Waals surface area contributed by atoms with E-state index in [1.54, 1.807) is 0 Å². The molecule has 210 valence electrons. The molecule has 7 nitrogen and oxygen atoms in total. The highest BCUT2D eigenvalue weighted by molar-refractivity contribution is 5.90. The minimum Gasteiger partial charge on any atom is -0.460 e. The van der Waals surface area contributed by atoms with Gasteiger partial charge in [-0.25, -0.2) is 0 Å². The monoisotopic (exact) mass is 533 g/mol. The molecule has 0 heterocycles.